The van der Waals surface area contributed by atoms with E-state index in [9.17, 15) is 13.2 Å². The zero-order valence-corrected chi connectivity index (χ0v) is 19.1. The lowest BCUT2D eigenvalue weighted by atomic mass is 10.0. The molecule has 10 heteroatoms. The highest BCUT2D eigenvalue weighted by Gasteiger charge is 2.39. The highest BCUT2D eigenvalue weighted by atomic mass is 32.2. The van der Waals surface area contributed by atoms with E-state index in [-0.39, 0.29) is 36.4 Å². The zero-order chi connectivity index (χ0) is 22.9. The summed E-state index contributed by atoms with van der Waals surface area (Å²) in [4.78, 5) is 14.3. The van der Waals surface area contributed by atoms with Gasteiger partial charge < -0.3 is 18.9 Å². The quantitative estimate of drug-likeness (QED) is 0.651. The highest BCUT2D eigenvalue weighted by Crippen LogP contribution is 2.40. The molecule has 0 atom stereocenters. The largest absolute Gasteiger partial charge is 0.497 e. The van der Waals surface area contributed by atoms with Crippen LogP contribution in [0.4, 0.5) is 10.5 Å². The molecule has 2 aromatic carbocycles. The fourth-order valence-corrected chi connectivity index (χ4v) is 5.86. The Hall–Kier alpha value is -2.98. The number of piperidine rings is 1. The molecule has 4 rings (SSSR count). The molecular formula is C22H26N2O7S. The van der Waals surface area contributed by atoms with Gasteiger partial charge in [0.05, 0.1) is 27.0 Å². The minimum Gasteiger partial charge on any atom is -0.497 e. The molecule has 0 saturated carbocycles. The second-order valence-electron chi connectivity index (χ2n) is 7.54. The Bertz CT molecular complexity index is 1100. The van der Waals surface area contributed by atoms with Crippen LogP contribution in [0.1, 0.15) is 18.4 Å². The third-order valence-electron chi connectivity index (χ3n) is 5.87. The molecule has 2 aromatic rings. The third kappa shape index (κ3) is 3.84. The van der Waals surface area contributed by atoms with Crippen LogP contribution >= 0.6 is 0 Å². The van der Waals surface area contributed by atoms with E-state index in [0.29, 0.717) is 30.0 Å². The molecule has 0 radical (unpaired) electrons. The molecule has 0 aliphatic carbocycles. The Balaban J connectivity index is 1.58. The second-order valence-corrected chi connectivity index (χ2v) is 9.45. The van der Waals surface area contributed by atoms with Gasteiger partial charge in [-0.3, -0.25) is 4.90 Å². The molecule has 1 amide bonds. The Morgan fingerprint density at radius 3 is 2.34 bits per heavy atom. The van der Waals surface area contributed by atoms with Gasteiger partial charge in [0.1, 0.15) is 28.8 Å². The maximum atomic E-state index is 13.3. The topological polar surface area (TPSA) is 94.6 Å². The molecule has 0 spiro atoms. The van der Waals surface area contributed by atoms with Gasteiger partial charge in [-0.1, -0.05) is 12.1 Å². The first-order chi connectivity index (χ1) is 15.4. The molecule has 0 unspecified atom stereocenters. The number of carbonyl (C=O) groups excluding carboxylic acids is 1. The van der Waals surface area contributed by atoms with Crippen molar-refractivity contribution >= 4 is 21.8 Å². The number of methoxy groups -OCH3 is 3. The van der Waals surface area contributed by atoms with Crippen molar-refractivity contribution in [1.29, 1.82) is 0 Å². The first kappa shape index (κ1) is 22.2. The molecule has 32 heavy (non-hydrogen) atoms. The lowest BCUT2D eigenvalue weighted by Gasteiger charge is -2.40. The number of hydrogen-bond acceptors (Lipinski definition) is 7. The zero-order valence-electron chi connectivity index (χ0n) is 18.2. The van der Waals surface area contributed by atoms with E-state index in [1.54, 1.807) is 30.2 Å². The number of nitrogens with zero attached hydrogens (tertiary/aromatic N) is 2. The molecule has 0 N–H and O–H groups in total. The molecule has 0 aromatic heterocycles. The van der Waals surface area contributed by atoms with E-state index in [0.717, 1.165) is 5.56 Å². The number of anilines is 1. The number of benzene rings is 2. The predicted octanol–water partition coefficient (Wildman–Crippen LogP) is 3.02. The summed E-state index contributed by atoms with van der Waals surface area (Å²) in [6.45, 7) is 0.688. The summed E-state index contributed by atoms with van der Waals surface area (Å²) >= 11 is 0. The lowest BCUT2D eigenvalue weighted by Crippen LogP contribution is -2.50. The van der Waals surface area contributed by atoms with Crippen LogP contribution in [0.25, 0.3) is 0 Å². The van der Waals surface area contributed by atoms with Crippen LogP contribution in [0.3, 0.4) is 0 Å². The van der Waals surface area contributed by atoms with Crippen LogP contribution in [0.2, 0.25) is 0 Å². The van der Waals surface area contributed by atoms with E-state index in [2.05, 4.69) is 0 Å². The number of carbonyl (C=O) groups is 1. The summed E-state index contributed by atoms with van der Waals surface area (Å²) in [6.07, 6.45) is 0.466. The van der Waals surface area contributed by atoms with E-state index in [4.69, 9.17) is 18.9 Å². The monoisotopic (exact) mass is 462 g/mol. The molecule has 1 fully saturated rings. The van der Waals surface area contributed by atoms with Crippen LogP contribution in [0.5, 0.6) is 17.2 Å². The highest BCUT2D eigenvalue weighted by molar-refractivity contribution is 7.89. The molecule has 0 bridgehead atoms. The summed E-state index contributed by atoms with van der Waals surface area (Å²) < 4.78 is 49.4. The average Bonchev–Trinajstić information content (AvgIpc) is 2.83. The van der Waals surface area contributed by atoms with Gasteiger partial charge in [-0.05, 0) is 31.0 Å². The second kappa shape index (κ2) is 8.87. The first-order valence-electron chi connectivity index (χ1n) is 10.2. The Morgan fingerprint density at radius 2 is 1.69 bits per heavy atom. The number of fused-ring (bicyclic) bond motifs is 1. The predicted molar refractivity (Wildman–Crippen MR) is 117 cm³/mol. The summed E-state index contributed by atoms with van der Waals surface area (Å²) in [7, 11) is 0.661. The first-order valence-corrected chi connectivity index (χ1v) is 11.7. The van der Waals surface area contributed by atoms with Crippen molar-refractivity contribution in [2.75, 3.05) is 39.3 Å². The fraction of sp³-hybridized carbons (Fsp3) is 0.409. The molecule has 2 aliphatic heterocycles. The van der Waals surface area contributed by atoms with Crippen LogP contribution in [0, 0.1) is 0 Å². The summed E-state index contributed by atoms with van der Waals surface area (Å²) in [6, 6.07) is 10.0. The number of cyclic esters (lactones) is 1. The van der Waals surface area contributed by atoms with Gasteiger partial charge in [0.15, 0.2) is 0 Å². The molecule has 2 aliphatic rings. The number of ether oxygens (including phenoxy) is 4. The number of hydrogen-bond donors (Lipinski definition) is 0. The van der Waals surface area contributed by atoms with E-state index in [1.165, 1.54) is 24.6 Å². The molecule has 1 saturated heterocycles. The fourth-order valence-electron chi connectivity index (χ4n) is 4.22. The van der Waals surface area contributed by atoms with Gasteiger partial charge in [0.2, 0.25) is 10.0 Å². The van der Waals surface area contributed by atoms with Crippen molar-refractivity contribution in [1.82, 2.24) is 4.31 Å². The number of para-hydroxylation sites is 1. The van der Waals surface area contributed by atoms with Gasteiger partial charge in [-0.25, -0.2) is 13.2 Å². The van der Waals surface area contributed by atoms with Gasteiger partial charge in [0, 0.05) is 30.8 Å². The molecule has 2 heterocycles. The molecule has 9 nitrogen and oxygen atoms in total. The van der Waals surface area contributed by atoms with Crippen molar-refractivity contribution in [2.45, 2.75) is 30.4 Å². The van der Waals surface area contributed by atoms with Gasteiger partial charge in [-0.2, -0.15) is 4.31 Å². The SMILES string of the molecule is COc1ccc(OC)c(S(=O)(=O)N2CCC(N3C(=O)OCc4cccc(OC)c43)CC2)c1. The van der Waals surface area contributed by atoms with Crippen LogP contribution in [0.15, 0.2) is 41.3 Å². The minimum atomic E-state index is -3.81. The van der Waals surface area contributed by atoms with E-state index >= 15 is 0 Å². The van der Waals surface area contributed by atoms with Crippen LogP contribution < -0.4 is 19.1 Å². The molecule has 172 valence electrons. The van der Waals surface area contributed by atoms with E-state index in [1.807, 2.05) is 12.1 Å². The Kier molecular flexibility index (Phi) is 6.16. The van der Waals surface area contributed by atoms with Crippen molar-refractivity contribution in [3.63, 3.8) is 0 Å². The van der Waals surface area contributed by atoms with Crippen molar-refractivity contribution in [3.05, 3.63) is 42.0 Å². The average molecular weight is 463 g/mol. The smallest absolute Gasteiger partial charge is 0.415 e. The number of amides is 1. The summed E-state index contributed by atoms with van der Waals surface area (Å²) in [5, 5.41) is 0. The number of rotatable bonds is 6. The lowest BCUT2D eigenvalue weighted by molar-refractivity contribution is 0.135. The third-order valence-corrected chi connectivity index (χ3v) is 7.79. The standard InChI is InChI=1S/C22H26N2O7S/c1-28-17-7-8-18(29-2)20(13-17)32(26,27)23-11-9-16(10-12-23)24-21-15(14-31-22(24)25)5-4-6-19(21)30-3/h4-8,13,16H,9-12,14H2,1-3H3. The van der Waals surface area contributed by atoms with Crippen molar-refractivity contribution in [3.8, 4) is 17.2 Å². The van der Waals surface area contributed by atoms with Crippen LogP contribution in [-0.2, 0) is 21.4 Å². The van der Waals surface area contributed by atoms with Crippen molar-refractivity contribution < 1.29 is 32.2 Å². The summed E-state index contributed by atoms with van der Waals surface area (Å²) in [5.74, 6) is 1.28. The number of sulfonamides is 1. The van der Waals surface area contributed by atoms with Gasteiger partial charge in [0.25, 0.3) is 0 Å². The van der Waals surface area contributed by atoms with Gasteiger partial charge in [-0.15, -0.1) is 0 Å². The Labute approximate surface area is 187 Å². The minimum absolute atomic E-state index is 0.0576. The Morgan fingerprint density at radius 1 is 0.969 bits per heavy atom. The maximum absolute atomic E-state index is 13.3. The van der Waals surface area contributed by atoms with Gasteiger partial charge >= 0.3 is 6.09 Å². The van der Waals surface area contributed by atoms with E-state index < -0.39 is 16.1 Å². The molecular weight excluding hydrogens is 436 g/mol. The van der Waals surface area contributed by atoms with Crippen LogP contribution in [-0.4, -0.2) is 59.3 Å². The summed E-state index contributed by atoms with van der Waals surface area (Å²) in [5.41, 5.74) is 1.56. The normalized spacial score (nSPS) is 17.5. The maximum Gasteiger partial charge on any atom is 0.415 e. The van der Waals surface area contributed by atoms with Crippen molar-refractivity contribution in [2.24, 2.45) is 0 Å².